The number of rotatable bonds is 5. The van der Waals surface area contributed by atoms with Crippen molar-refractivity contribution < 1.29 is 19.1 Å². The van der Waals surface area contributed by atoms with Gasteiger partial charge in [-0.2, -0.15) is 0 Å². The highest BCUT2D eigenvalue weighted by molar-refractivity contribution is 7.14. The number of ketones is 1. The minimum atomic E-state index is -0.535. The summed E-state index contributed by atoms with van der Waals surface area (Å²) in [5.41, 5.74) is -0.330. The molecule has 0 saturated heterocycles. The predicted octanol–water partition coefficient (Wildman–Crippen LogP) is 3.33. The summed E-state index contributed by atoms with van der Waals surface area (Å²) in [5.74, 6) is -0.698. The van der Waals surface area contributed by atoms with Crippen molar-refractivity contribution in [3.8, 4) is 0 Å². The van der Waals surface area contributed by atoms with Crippen LogP contribution in [-0.4, -0.2) is 30.5 Å². The van der Waals surface area contributed by atoms with Crippen molar-refractivity contribution in [3.63, 3.8) is 0 Å². The van der Waals surface area contributed by atoms with Crippen molar-refractivity contribution in [1.82, 2.24) is 4.98 Å². The summed E-state index contributed by atoms with van der Waals surface area (Å²) in [6.07, 6.45) is 5.06. The minimum absolute atomic E-state index is 0.131. The fourth-order valence-electron chi connectivity index (χ4n) is 2.72. The number of esters is 1. The van der Waals surface area contributed by atoms with E-state index in [4.69, 9.17) is 9.47 Å². The molecule has 1 saturated carbocycles. The van der Waals surface area contributed by atoms with Crippen LogP contribution in [-0.2, 0) is 15.1 Å². The Labute approximate surface area is 128 Å². The van der Waals surface area contributed by atoms with Gasteiger partial charge in [-0.05, 0) is 19.8 Å². The Hall–Kier alpha value is -1.27. The second-order valence-electron chi connectivity index (χ2n) is 5.23. The highest BCUT2D eigenvalue weighted by atomic mass is 32.1. The highest BCUT2D eigenvalue weighted by Gasteiger charge is 2.39. The van der Waals surface area contributed by atoms with Gasteiger partial charge in [0.25, 0.3) is 0 Å². The van der Waals surface area contributed by atoms with E-state index >= 15 is 0 Å². The first-order valence-corrected chi connectivity index (χ1v) is 8.10. The number of methoxy groups -OCH3 is 1. The molecule has 0 aliphatic heterocycles. The Kier molecular flexibility index (Phi) is 5.11. The molecule has 0 N–H and O–H groups in total. The molecule has 1 aromatic rings. The molecule has 0 aromatic carbocycles. The average Bonchev–Trinajstić information content (AvgIpc) is 2.94. The lowest BCUT2D eigenvalue weighted by Gasteiger charge is -2.33. The van der Waals surface area contributed by atoms with E-state index < -0.39 is 11.6 Å². The van der Waals surface area contributed by atoms with E-state index in [0.29, 0.717) is 4.88 Å². The van der Waals surface area contributed by atoms with Gasteiger partial charge in [-0.3, -0.25) is 4.79 Å². The van der Waals surface area contributed by atoms with Gasteiger partial charge in [-0.15, -0.1) is 11.3 Å². The maximum absolute atomic E-state index is 12.0. The van der Waals surface area contributed by atoms with Gasteiger partial charge in [0.2, 0.25) is 0 Å². The lowest BCUT2D eigenvalue weighted by molar-refractivity contribution is -0.0447. The van der Waals surface area contributed by atoms with Crippen LogP contribution in [0.5, 0.6) is 0 Å². The van der Waals surface area contributed by atoms with Crippen molar-refractivity contribution in [2.24, 2.45) is 0 Å². The van der Waals surface area contributed by atoms with Crippen molar-refractivity contribution in [2.45, 2.75) is 51.6 Å². The van der Waals surface area contributed by atoms with Gasteiger partial charge >= 0.3 is 5.97 Å². The second-order valence-corrected chi connectivity index (χ2v) is 6.23. The molecular weight excluding hydrogens is 290 g/mol. The maximum Gasteiger partial charge on any atom is 0.358 e. The number of ether oxygens (including phenoxy) is 2. The molecule has 1 aliphatic carbocycles. The average molecular weight is 311 g/mol. The third-order valence-electron chi connectivity index (χ3n) is 3.86. The fourth-order valence-corrected chi connectivity index (χ4v) is 3.89. The van der Waals surface area contributed by atoms with E-state index in [-0.39, 0.29) is 18.1 Å². The van der Waals surface area contributed by atoms with Gasteiger partial charge in [0.15, 0.2) is 11.5 Å². The van der Waals surface area contributed by atoms with Crippen LogP contribution in [0.1, 0.15) is 71.1 Å². The van der Waals surface area contributed by atoms with Crippen molar-refractivity contribution in [3.05, 3.63) is 15.6 Å². The van der Waals surface area contributed by atoms with Crippen molar-refractivity contribution in [2.75, 3.05) is 13.7 Å². The summed E-state index contributed by atoms with van der Waals surface area (Å²) >= 11 is 1.27. The molecule has 5 nitrogen and oxygen atoms in total. The van der Waals surface area contributed by atoms with E-state index in [1.807, 2.05) is 0 Å². The molecule has 1 aliphatic rings. The molecule has 1 aromatic heterocycles. The first-order valence-electron chi connectivity index (χ1n) is 7.28. The maximum atomic E-state index is 12.0. The van der Waals surface area contributed by atoms with Gasteiger partial charge < -0.3 is 9.47 Å². The van der Waals surface area contributed by atoms with E-state index in [0.717, 1.165) is 30.7 Å². The molecule has 0 radical (unpaired) electrons. The molecule has 6 heteroatoms. The van der Waals surface area contributed by atoms with Crippen LogP contribution in [0.3, 0.4) is 0 Å². The van der Waals surface area contributed by atoms with Crippen molar-refractivity contribution in [1.29, 1.82) is 0 Å². The minimum Gasteiger partial charge on any atom is -0.461 e. The lowest BCUT2D eigenvalue weighted by atomic mass is 9.85. The number of hydrogen-bond acceptors (Lipinski definition) is 6. The Morgan fingerprint density at radius 1 is 1.29 bits per heavy atom. The lowest BCUT2D eigenvalue weighted by Crippen LogP contribution is -2.31. The third kappa shape index (κ3) is 3.16. The number of carbonyl (C=O) groups excluding carboxylic acids is 2. The summed E-state index contributed by atoms with van der Waals surface area (Å²) in [6, 6.07) is 0. The van der Waals surface area contributed by atoms with Crippen LogP contribution in [0.25, 0.3) is 0 Å². The van der Waals surface area contributed by atoms with E-state index in [1.54, 1.807) is 14.0 Å². The molecule has 0 spiro atoms. The molecule has 0 amide bonds. The van der Waals surface area contributed by atoms with Crippen LogP contribution in [0.2, 0.25) is 0 Å². The molecule has 0 unspecified atom stereocenters. The number of Topliss-reactive ketones (excluding diaryl/α,β-unsaturated/α-hetero) is 1. The van der Waals surface area contributed by atoms with Gasteiger partial charge in [-0.25, -0.2) is 9.78 Å². The molecule has 2 rings (SSSR count). The smallest absolute Gasteiger partial charge is 0.358 e. The molecular formula is C15H21NO4S. The summed E-state index contributed by atoms with van der Waals surface area (Å²) in [4.78, 5) is 28.6. The number of nitrogens with zero attached hydrogens (tertiary/aromatic N) is 1. The Bertz CT molecular complexity index is 532. The largest absolute Gasteiger partial charge is 0.461 e. The quantitative estimate of drug-likeness (QED) is 0.616. The molecule has 0 atom stereocenters. The second kappa shape index (κ2) is 6.66. The Morgan fingerprint density at radius 3 is 2.48 bits per heavy atom. The SMILES string of the molecule is CCOC(=O)c1nc(C2(OC)CCCCC2)sc1C(C)=O. The molecule has 1 fully saturated rings. The number of hydrogen-bond donors (Lipinski definition) is 0. The van der Waals surface area contributed by atoms with Crippen LogP contribution >= 0.6 is 11.3 Å². The Balaban J connectivity index is 2.42. The molecule has 1 heterocycles. The van der Waals surface area contributed by atoms with Crippen LogP contribution < -0.4 is 0 Å². The molecule has 0 bridgehead atoms. The number of carbonyl (C=O) groups is 2. The topological polar surface area (TPSA) is 65.5 Å². The summed E-state index contributed by atoms with van der Waals surface area (Å²) in [7, 11) is 1.67. The summed E-state index contributed by atoms with van der Waals surface area (Å²) < 4.78 is 10.7. The van der Waals surface area contributed by atoms with Gasteiger partial charge in [0.1, 0.15) is 15.5 Å². The van der Waals surface area contributed by atoms with Crippen LogP contribution in [0, 0.1) is 0 Å². The summed E-state index contributed by atoms with van der Waals surface area (Å²) in [6.45, 7) is 3.44. The zero-order valence-electron chi connectivity index (χ0n) is 12.7. The normalized spacial score (nSPS) is 17.5. The van der Waals surface area contributed by atoms with Crippen LogP contribution in [0.15, 0.2) is 0 Å². The zero-order chi connectivity index (χ0) is 15.5. The summed E-state index contributed by atoms with van der Waals surface area (Å²) in [5, 5.41) is 0.720. The zero-order valence-corrected chi connectivity index (χ0v) is 13.5. The van der Waals surface area contributed by atoms with Gasteiger partial charge in [0.05, 0.1) is 6.61 Å². The van der Waals surface area contributed by atoms with Gasteiger partial charge in [-0.1, -0.05) is 19.3 Å². The van der Waals surface area contributed by atoms with E-state index in [2.05, 4.69) is 4.98 Å². The van der Waals surface area contributed by atoms with E-state index in [9.17, 15) is 9.59 Å². The predicted molar refractivity (Wildman–Crippen MR) is 79.8 cm³/mol. The molecule has 116 valence electrons. The first kappa shape index (κ1) is 16.1. The van der Waals surface area contributed by atoms with Crippen LogP contribution in [0.4, 0.5) is 0 Å². The Morgan fingerprint density at radius 2 is 1.95 bits per heavy atom. The first-order chi connectivity index (χ1) is 10.0. The third-order valence-corrected chi connectivity index (χ3v) is 5.20. The fraction of sp³-hybridized carbons (Fsp3) is 0.667. The van der Waals surface area contributed by atoms with Crippen molar-refractivity contribution >= 4 is 23.1 Å². The molecule has 21 heavy (non-hydrogen) atoms. The van der Waals surface area contributed by atoms with E-state index in [1.165, 1.54) is 24.7 Å². The number of aromatic nitrogens is 1. The highest BCUT2D eigenvalue weighted by Crippen LogP contribution is 2.42. The monoisotopic (exact) mass is 311 g/mol. The standard InChI is InChI=1S/C15H21NO4S/c1-4-20-13(18)11-12(10(2)17)21-14(16-11)15(19-3)8-6-5-7-9-15/h4-9H2,1-3H3. The number of thiazole rings is 1. The van der Waals surface area contributed by atoms with Gasteiger partial charge in [0, 0.05) is 14.0 Å².